The smallest absolute Gasteiger partial charge is 0 e. The van der Waals surface area contributed by atoms with E-state index in [4.69, 9.17) is 0 Å². The average Bonchev–Trinajstić information content (AvgIpc) is 2.31. The number of rotatable bonds is 0. The van der Waals surface area contributed by atoms with Crippen molar-refractivity contribution in [3.05, 3.63) is 0 Å². The third-order valence-electron chi connectivity index (χ3n) is 0. The monoisotopic (exact) mass is 262 g/mol. The predicted molar refractivity (Wildman–Crippen MR) is 102 cm³/mol. The summed E-state index contributed by atoms with van der Waals surface area (Å²) in [6.07, 6.45) is 2.50. The lowest BCUT2D eigenvalue weighted by molar-refractivity contribution is 1.09. The highest BCUT2D eigenvalue weighted by atomic mass is 13.4. The standard InChI is InChI=1S/2C3H8.4C2H6.2CH4.2B/c2*1-3-2;4*1-2;;;;/h2*3H2,1-2H3;4*1-2H3;2*1H4;;. The van der Waals surface area contributed by atoms with Gasteiger partial charge in [-0.05, 0) is 0 Å². The summed E-state index contributed by atoms with van der Waals surface area (Å²) in [5.74, 6) is 0. The average molecular weight is 262 g/mol. The minimum Gasteiger partial charge on any atom is -0.0776 e. The van der Waals surface area contributed by atoms with Crippen molar-refractivity contribution in [3.8, 4) is 0 Å². The Morgan fingerprint density at radius 1 is 0.389 bits per heavy atom. The Balaban J connectivity index is -0.00000000517. The van der Waals surface area contributed by atoms with Crippen LogP contribution < -0.4 is 0 Å². The van der Waals surface area contributed by atoms with E-state index in [0.29, 0.717) is 0 Å². The molecule has 0 rings (SSSR count). The molecule has 2 heteroatoms. The van der Waals surface area contributed by atoms with E-state index in [9.17, 15) is 0 Å². The van der Waals surface area contributed by atoms with E-state index in [0.717, 1.165) is 0 Å². The minimum absolute atomic E-state index is 0. The molecule has 0 bridgehead atoms. The fraction of sp³-hybridized carbons (Fsp3) is 1.00. The van der Waals surface area contributed by atoms with Gasteiger partial charge in [0.25, 0.3) is 0 Å². The van der Waals surface area contributed by atoms with E-state index in [1.165, 1.54) is 12.8 Å². The summed E-state index contributed by atoms with van der Waals surface area (Å²) in [6, 6.07) is 0. The highest BCUT2D eigenvalue weighted by Gasteiger charge is 1.36. The Labute approximate surface area is 128 Å². The third-order valence-corrected chi connectivity index (χ3v) is 0. The lowest BCUT2D eigenvalue weighted by Gasteiger charge is -1.48. The van der Waals surface area contributed by atoms with Gasteiger partial charge < -0.3 is 0 Å². The molecule has 0 aromatic rings. The summed E-state index contributed by atoms with van der Waals surface area (Å²) in [5.41, 5.74) is 0. The van der Waals surface area contributed by atoms with E-state index in [-0.39, 0.29) is 31.7 Å². The molecule has 0 aliphatic carbocycles. The molecule has 0 aromatic heterocycles. The van der Waals surface area contributed by atoms with Crippen molar-refractivity contribution in [1.82, 2.24) is 0 Å². The topological polar surface area (TPSA) is 0 Å². The first kappa shape index (κ1) is 80.5. The van der Waals surface area contributed by atoms with Gasteiger partial charge in [-0.3, -0.25) is 0 Å². The van der Waals surface area contributed by atoms with Crippen molar-refractivity contribution in [1.29, 1.82) is 0 Å². The summed E-state index contributed by atoms with van der Waals surface area (Å²) in [5, 5.41) is 0. The molecule has 0 fully saturated rings. The van der Waals surface area contributed by atoms with Crippen LogP contribution in [-0.4, -0.2) is 16.8 Å². The van der Waals surface area contributed by atoms with Gasteiger partial charge in [0.2, 0.25) is 0 Å². The van der Waals surface area contributed by atoms with E-state index in [1.54, 1.807) is 0 Å². The van der Waals surface area contributed by atoms with Crippen LogP contribution in [0.4, 0.5) is 0 Å². The lowest BCUT2D eigenvalue weighted by atomic mass is 10.6. The third kappa shape index (κ3) is 219000. The van der Waals surface area contributed by atoms with E-state index >= 15 is 0 Å². The van der Waals surface area contributed by atoms with Crippen LogP contribution in [-0.2, 0) is 0 Å². The van der Waals surface area contributed by atoms with Crippen molar-refractivity contribution < 1.29 is 0 Å². The number of hydrogen-bond donors (Lipinski definition) is 0. The van der Waals surface area contributed by atoms with Gasteiger partial charge in [0, 0.05) is 16.8 Å². The van der Waals surface area contributed by atoms with Gasteiger partial charge in [-0.15, -0.1) is 0 Å². The Morgan fingerprint density at radius 3 is 0.389 bits per heavy atom. The Hall–Kier alpha value is 0.130. The summed E-state index contributed by atoms with van der Waals surface area (Å²) in [7, 11) is 0. The second kappa shape index (κ2) is 982. The van der Waals surface area contributed by atoms with Gasteiger partial charge in [-0.25, -0.2) is 0 Å². The molecule has 0 nitrogen and oxygen atoms in total. The maximum atomic E-state index is 2.12. The van der Waals surface area contributed by atoms with E-state index < -0.39 is 0 Å². The van der Waals surface area contributed by atoms with Crippen LogP contribution in [0, 0.1) is 0 Å². The van der Waals surface area contributed by atoms with Crippen LogP contribution in [0.3, 0.4) is 0 Å². The quantitative estimate of drug-likeness (QED) is 0.397. The summed E-state index contributed by atoms with van der Waals surface area (Å²) in [4.78, 5) is 0. The van der Waals surface area contributed by atoms with Crippen LogP contribution in [0.25, 0.3) is 0 Å². The zero-order valence-electron chi connectivity index (χ0n) is 14.6. The van der Waals surface area contributed by atoms with Crippen molar-refractivity contribution >= 4 is 16.8 Å². The summed E-state index contributed by atoms with van der Waals surface area (Å²) >= 11 is 0. The normalized spacial score (nSPS) is 3.33. The van der Waals surface area contributed by atoms with Gasteiger partial charge >= 0.3 is 0 Å². The molecule has 0 aliphatic rings. The van der Waals surface area contributed by atoms with Gasteiger partial charge in [-0.2, -0.15) is 0 Å². The zero-order chi connectivity index (χ0) is 13.4. The first-order valence-corrected chi connectivity index (χ1v) is 6.83. The van der Waals surface area contributed by atoms with Crippen molar-refractivity contribution in [2.75, 3.05) is 0 Å². The van der Waals surface area contributed by atoms with Gasteiger partial charge in [0.1, 0.15) is 0 Å². The summed E-state index contributed by atoms with van der Waals surface area (Å²) < 4.78 is 0. The van der Waals surface area contributed by atoms with E-state index in [1.807, 2.05) is 55.4 Å². The largest absolute Gasteiger partial charge is 0.0776 e. The fourth-order valence-electron chi connectivity index (χ4n) is 0. The molecule has 6 radical (unpaired) electrons. The van der Waals surface area contributed by atoms with Crippen molar-refractivity contribution in [2.24, 2.45) is 0 Å². The number of hydrogen-bond acceptors (Lipinski definition) is 0. The highest BCUT2D eigenvalue weighted by Crippen LogP contribution is 1.56. The molecule has 0 unspecified atom stereocenters. The molecule has 0 aromatic carbocycles. The second-order valence-electron chi connectivity index (χ2n) is 1.41. The molecule has 0 amide bonds. The van der Waals surface area contributed by atoms with Gasteiger partial charge in [-0.1, -0.05) is 111 Å². The molecule has 0 saturated carbocycles. The fourth-order valence-corrected chi connectivity index (χ4v) is 0. The molecule has 0 atom stereocenters. The SMILES string of the molecule is C.C.CC.CC.CC.CC.CCC.CCC.[B].[B]. The molecule has 0 N–H and O–H groups in total. The minimum atomic E-state index is 0. The highest BCUT2D eigenvalue weighted by molar-refractivity contribution is 5.76. The summed E-state index contributed by atoms with van der Waals surface area (Å²) in [6.45, 7) is 24.5. The molecule has 118 valence electrons. The molecule has 0 heterocycles. The molecule has 0 spiro atoms. The maximum Gasteiger partial charge on any atom is 0 e. The Bertz CT molecular complexity index is 11.1. The lowest BCUT2D eigenvalue weighted by Crippen LogP contribution is -1.27. The van der Waals surface area contributed by atoms with Gasteiger partial charge in [0.15, 0.2) is 0 Å². The Kier molecular flexibility index (Phi) is 4390. The molecule has 18 heavy (non-hydrogen) atoms. The van der Waals surface area contributed by atoms with Crippen molar-refractivity contribution in [2.45, 2.75) is 111 Å². The molecule has 0 saturated heterocycles. The molecule has 0 aliphatic heterocycles. The zero-order valence-corrected chi connectivity index (χ0v) is 14.6. The van der Waals surface area contributed by atoms with Gasteiger partial charge in [0.05, 0.1) is 0 Å². The first-order chi connectivity index (χ1) is 6.83. The Morgan fingerprint density at radius 2 is 0.389 bits per heavy atom. The molecular weight excluding hydrogens is 214 g/mol. The van der Waals surface area contributed by atoms with Crippen LogP contribution in [0.2, 0.25) is 0 Å². The van der Waals surface area contributed by atoms with Crippen LogP contribution >= 0.6 is 0 Å². The van der Waals surface area contributed by atoms with Crippen LogP contribution in [0.1, 0.15) is 111 Å². The van der Waals surface area contributed by atoms with Crippen LogP contribution in [0.5, 0.6) is 0 Å². The predicted octanol–water partition coefficient (Wildman–Crippen LogP) is 7.45. The first-order valence-electron chi connectivity index (χ1n) is 6.83. The maximum absolute atomic E-state index is 2.12. The van der Waals surface area contributed by atoms with E-state index in [2.05, 4.69) is 27.7 Å². The van der Waals surface area contributed by atoms with Crippen LogP contribution in [0.15, 0.2) is 0 Å². The second-order valence-corrected chi connectivity index (χ2v) is 1.41. The molecular formula is C16H48B2. The van der Waals surface area contributed by atoms with Crippen molar-refractivity contribution in [3.63, 3.8) is 0 Å².